The fourth-order valence-electron chi connectivity index (χ4n) is 1.91. The van der Waals surface area contributed by atoms with Gasteiger partial charge in [-0.1, -0.05) is 19.1 Å². The van der Waals surface area contributed by atoms with Crippen molar-refractivity contribution < 1.29 is 13.2 Å². The van der Waals surface area contributed by atoms with Crippen molar-refractivity contribution in [1.82, 2.24) is 0 Å². The molecule has 0 saturated carbocycles. The molecule has 3 nitrogen and oxygen atoms in total. The predicted octanol–water partition coefficient (Wildman–Crippen LogP) is 2.44. The number of fused-ring (bicyclic) bond motifs is 1. The van der Waals surface area contributed by atoms with E-state index in [1.165, 1.54) is 0 Å². The van der Waals surface area contributed by atoms with Gasteiger partial charge in [0.15, 0.2) is 15.6 Å². The molecule has 86 valence electrons. The van der Waals surface area contributed by atoms with Crippen molar-refractivity contribution in [3.05, 3.63) is 28.2 Å². The zero-order valence-corrected chi connectivity index (χ0v) is 11.3. The second kappa shape index (κ2) is 3.67. The van der Waals surface area contributed by atoms with Crippen molar-refractivity contribution in [2.45, 2.75) is 24.0 Å². The number of halogens is 1. The van der Waals surface area contributed by atoms with Gasteiger partial charge in [0.1, 0.15) is 0 Å². The quantitative estimate of drug-likeness (QED) is 0.739. The average molecular weight is 303 g/mol. The molecule has 0 spiro atoms. The second-order valence-corrected chi connectivity index (χ2v) is 7.12. The highest BCUT2D eigenvalue weighted by atomic mass is 79.9. The van der Waals surface area contributed by atoms with Gasteiger partial charge in [-0.05, 0) is 28.9 Å². The first-order chi connectivity index (χ1) is 7.37. The van der Waals surface area contributed by atoms with Crippen LogP contribution >= 0.6 is 15.9 Å². The van der Waals surface area contributed by atoms with Gasteiger partial charge >= 0.3 is 0 Å². The largest absolute Gasteiger partial charge is 0.294 e. The lowest BCUT2D eigenvalue weighted by Crippen LogP contribution is -2.37. The lowest BCUT2D eigenvalue weighted by molar-refractivity contribution is 0.0920. The molecule has 1 aromatic carbocycles. The highest BCUT2D eigenvalue weighted by Crippen LogP contribution is 2.37. The molecule has 2 rings (SSSR count). The minimum atomic E-state index is -3.40. The van der Waals surface area contributed by atoms with Crippen LogP contribution in [0.4, 0.5) is 0 Å². The molecule has 1 aliphatic rings. The van der Waals surface area contributed by atoms with Gasteiger partial charge in [0.25, 0.3) is 0 Å². The van der Waals surface area contributed by atoms with Crippen molar-refractivity contribution in [3.8, 4) is 0 Å². The van der Waals surface area contributed by atoms with Gasteiger partial charge in [-0.2, -0.15) is 0 Å². The summed E-state index contributed by atoms with van der Waals surface area (Å²) in [6, 6.07) is 4.90. The number of Topliss-reactive ketones (excluding diaryl/α,β-unsaturated/α-hetero) is 1. The maximum absolute atomic E-state index is 12.2. The first kappa shape index (κ1) is 11.8. The lowest BCUT2D eigenvalue weighted by Gasteiger charge is -2.27. The minimum Gasteiger partial charge on any atom is -0.294 e. The molecule has 1 aliphatic heterocycles. The molecule has 2 unspecified atom stereocenters. The Balaban J connectivity index is 2.85. The van der Waals surface area contributed by atoms with Crippen LogP contribution in [-0.2, 0) is 9.84 Å². The number of carbonyl (C=O) groups is 1. The first-order valence-corrected chi connectivity index (χ1v) is 7.28. The van der Waals surface area contributed by atoms with E-state index in [0.717, 1.165) is 0 Å². The summed E-state index contributed by atoms with van der Waals surface area (Å²) in [5.41, 5.74) is 0.306. The molecule has 1 aromatic rings. The van der Waals surface area contributed by atoms with Gasteiger partial charge in [0.05, 0.1) is 10.1 Å². The van der Waals surface area contributed by atoms with Crippen molar-refractivity contribution in [2.24, 2.45) is 5.92 Å². The summed E-state index contributed by atoms with van der Waals surface area (Å²) < 4.78 is 24.9. The third-order valence-electron chi connectivity index (χ3n) is 3.12. The van der Waals surface area contributed by atoms with Crippen molar-refractivity contribution in [1.29, 1.82) is 0 Å². The summed E-state index contributed by atoms with van der Waals surface area (Å²) >= 11 is 3.20. The molecule has 0 N–H and O–H groups in total. The number of carbonyl (C=O) groups excluding carboxylic acids is 1. The predicted molar refractivity (Wildman–Crippen MR) is 64.3 cm³/mol. The van der Waals surface area contributed by atoms with Crippen LogP contribution in [0.1, 0.15) is 24.2 Å². The molecule has 1 heterocycles. The Morgan fingerprint density at radius 2 is 1.88 bits per heavy atom. The van der Waals surface area contributed by atoms with E-state index < -0.39 is 21.0 Å². The molecule has 2 atom stereocenters. The van der Waals surface area contributed by atoms with Crippen LogP contribution in [0.2, 0.25) is 0 Å². The standard InChI is InChI=1S/C11H11BrO3S/c1-6-7(2)16(14,15)11-8(10(6)13)4-3-5-9(11)12/h3-7H,1-2H3. The summed E-state index contributed by atoms with van der Waals surface area (Å²) in [6.45, 7) is 3.24. The Labute approximate surface area is 103 Å². The van der Waals surface area contributed by atoms with E-state index in [2.05, 4.69) is 15.9 Å². The minimum absolute atomic E-state index is 0.0985. The third kappa shape index (κ3) is 1.45. The number of rotatable bonds is 0. The highest BCUT2D eigenvalue weighted by Gasteiger charge is 2.41. The number of hydrogen-bond acceptors (Lipinski definition) is 3. The molecule has 0 radical (unpaired) electrons. The van der Waals surface area contributed by atoms with E-state index in [-0.39, 0.29) is 10.7 Å². The van der Waals surface area contributed by atoms with Crippen molar-refractivity contribution in [3.63, 3.8) is 0 Å². The summed E-state index contributed by atoms with van der Waals surface area (Å²) in [7, 11) is -3.40. The van der Waals surface area contributed by atoms with Crippen LogP contribution in [0.15, 0.2) is 27.6 Å². The van der Waals surface area contributed by atoms with Gasteiger partial charge < -0.3 is 0 Å². The smallest absolute Gasteiger partial charge is 0.183 e. The fourth-order valence-corrected chi connectivity index (χ4v) is 4.80. The zero-order valence-electron chi connectivity index (χ0n) is 8.90. The van der Waals surface area contributed by atoms with E-state index in [1.807, 2.05) is 0 Å². The molecule has 0 fully saturated rings. The normalized spacial score (nSPS) is 27.6. The SMILES string of the molecule is CC1C(=O)c2cccc(Br)c2S(=O)(=O)C1C. The molecular weight excluding hydrogens is 292 g/mol. The van der Waals surface area contributed by atoms with E-state index in [1.54, 1.807) is 32.0 Å². The molecular formula is C11H11BrO3S. The van der Waals surface area contributed by atoms with Gasteiger partial charge in [-0.3, -0.25) is 4.79 Å². The van der Waals surface area contributed by atoms with E-state index >= 15 is 0 Å². The topological polar surface area (TPSA) is 51.2 Å². The van der Waals surface area contributed by atoms with E-state index in [0.29, 0.717) is 10.0 Å². The fraction of sp³-hybridized carbons (Fsp3) is 0.364. The Hall–Kier alpha value is -0.680. The van der Waals surface area contributed by atoms with Crippen LogP contribution < -0.4 is 0 Å². The van der Waals surface area contributed by atoms with Gasteiger partial charge in [-0.15, -0.1) is 0 Å². The summed E-state index contributed by atoms with van der Waals surface area (Å²) in [5, 5.41) is -0.661. The van der Waals surface area contributed by atoms with Crippen molar-refractivity contribution in [2.75, 3.05) is 0 Å². The van der Waals surface area contributed by atoms with Gasteiger partial charge in [0.2, 0.25) is 0 Å². The summed E-state index contributed by atoms with van der Waals surface area (Å²) in [5.74, 6) is -0.578. The highest BCUT2D eigenvalue weighted by molar-refractivity contribution is 9.10. The Morgan fingerprint density at radius 1 is 1.25 bits per heavy atom. The van der Waals surface area contributed by atoms with Crippen LogP contribution in [0.25, 0.3) is 0 Å². The maximum Gasteiger partial charge on any atom is 0.183 e. The maximum atomic E-state index is 12.2. The van der Waals surface area contributed by atoms with Crippen LogP contribution in [0.5, 0.6) is 0 Å². The first-order valence-electron chi connectivity index (χ1n) is 4.94. The molecule has 0 aliphatic carbocycles. The third-order valence-corrected chi connectivity index (χ3v) is 6.44. The number of sulfone groups is 1. The Bertz CT molecular complexity index is 563. The summed E-state index contributed by atoms with van der Waals surface area (Å²) in [4.78, 5) is 12.1. The molecule has 5 heteroatoms. The molecule has 0 aromatic heterocycles. The molecule has 0 saturated heterocycles. The Kier molecular flexibility index (Phi) is 2.70. The second-order valence-electron chi connectivity index (χ2n) is 4.02. The number of ketones is 1. The average Bonchev–Trinajstić information content (AvgIpc) is 2.23. The van der Waals surface area contributed by atoms with Crippen LogP contribution in [0.3, 0.4) is 0 Å². The van der Waals surface area contributed by atoms with Crippen LogP contribution in [0, 0.1) is 5.92 Å². The molecule has 16 heavy (non-hydrogen) atoms. The van der Waals surface area contributed by atoms with Crippen LogP contribution in [-0.4, -0.2) is 19.5 Å². The van der Waals surface area contributed by atoms with E-state index in [4.69, 9.17) is 0 Å². The monoisotopic (exact) mass is 302 g/mol. The van der Waals surface area contributed by atoms with Gasteiger partial charge in [-0.25, -0.2) is 8.42 Å². The number of hydrogen-bond donors (Lipinski definition) is 0. The summed E-state index contributed by atoms with van der Waals surface area (Å²) in [6.07, 6.45) is 0. The molecule has 0 amide bonds. The Morgan fingerprint density at radius 3 is 2.50 bits per heavy atom. The zero-order chi connectivity index (χ0) is 12.1. The number of benzene rings is 1. The van der Waals surface area contributed by atoms with Gasteiger partial charge in [0, 0.05) is 16.0 Å². The molecule has 0 bridgehead atoms. The van der Waals surface area contributed by atoms with E-state index in [9.17, 15) is 13.2 Å². The lowest BCUT2D eigenvalue weighted by atomic mass is 9.96. The van der Waals surface area contributed by atoms with Crippen molar-refractivity contribution >= 4 is 31.6 Å².